The summed E-state index contributed by atoms with van der Waals surface area (Å²) in [5.41, 5.74) is 1.09. The van der Waals surface area contributed by atoms with E-state index in [1.807, 2.05) is 30.3 Å². The number of piperazine rings is 1. The molecule has 0 saturated carbocycles. The molecule has 0 bridgehead atoms. The number of fused-ring (bicyclic) bond motifs is 1. The first kappa shape index (κ1) is 17.5. The lowest BCUT2D eigenvalue weighted by molar-refractivity contribution is -0.168. The number of aryl methyl sites for hydroxylation is 1. The molecule has 6 nitrogen and oxygen atoms in total. The number of hydrogen-bond acceptors (Lipinski definition) is 4. The smallest absolute Gasteiger partial charge is 0.328 e. The molecule has 0 aliphatic carbocycles. The third-order valence-corrected chi connectivity index (χ3v) is 5.21. The molecule has 1 aromatic rings. The van der Waals surface area contributed by atoms with Crippen molar-refractivity contribution < 1.29 is 19.1 Å². The number of carbonyl (C=O) groups is 3. The summed E-state index contributed by atoms with van der Waals surface area (Å²) < 4.78 is 4.94. The topological polar surface area (TPSA) is 66.9 Å². The Morgan fingerprint density at radius 2 is 1.96 bits per heavy atom. The number of amides is 2. The molecule has 2 saturated heterocycles. The number of esters is 1. The van der Waals surface area contributed by atoms with Crippen molar-refractivity contribution in [1.29, 1.82) is 0 Å². The maximum absolute atomic E-state index is 13.0. The van der Waals surface area contributed by atoms with Crippen LogP contribution in [0.5, 0.6) is 0 Å². The van der Waals surface area contributed by atoms with E-state index in [1.165, 1.54) is 12.0 Å². The molecule has 134 valence electrons. The Hall–Kier alpha value is -2.37. The van der Waals surface area contributed by atoms with Crippen LogP contribution in [0.1, 0.15) is 31.7 Å². The standard InChI is InChI=1S/C19H24N2O4/c1-13-17(22)20-12-6-9-15(20)18(23)21(13)16(19(24)25-2)11-10-14-7-4-3-5-8-14/h3-5,7-8,13,15-16H,6,9-12H2,1-2H3/t13-,15-,16-/m0/s1. The summed E-state index contributed by atoms with van der Waals surface area (Å²) in [6, 6.07) is 7.99. The summed E-state index contributed by atoms with van der Waals surface area (Å²) in [6.07, 6.45) is 2.57. The number of benzene rings is 1. The molecule has 6 heteroatoms. The number of hydrogen-bond donors (Lipinski definition) is 0. The molecule has 1 aromatic carbocycles. The van der Waals surface area contributed by atoms with E-state index in [2.05, 4.69) is 0 Å². The lowest BCUT2D eigenvalue weighted by Crippen LogP contribution is -2.65. The zero-order valence-corrected chi connectivity index (χ0v) is 14.7. The molecule has 2 heterocycles. The molecule has 0 radical (unpaired) electrons. The van der Waals surface area contributed by atoms with Crippen molar-refractivity contribution >= 4 is 17.8 Å². The fourth-order valence-corrected chi connectivity index (χ4v) is 3.89. The molecular formula is C19H24N2O4. The summed E-state index contributed by atoms with van der Waals surface area (Å²) in [5.74, 6) is -0.667. The highest BCUT2D eigenvalue weighted by molar-refractivity contribution is 5.99. The van der Waals surface area contributed by atoms with E-state index in [4.69, 9.17) is 4.74 Å². The van der Waals surface area contributed by atoms with E-state index in [0.717, 1.165) is 12.0 Å². The maximum Gasteiger partial charge on any atom is 0.328 e. The largest absolute Gasteiger partial charge is 0.467 e. The summed E-state index contributed by atoms with van der Waals surface area (Å²) in [5, 5.41) is 0. The van der Waals surface area contributed by atoms with Crippen LogP contribution in [0.4, 0.5) is 0 Å². The van der Waals surface area contributed by atoms with Crippen LogP contribution in [0.2, 0.25) is 0 Å². The Labute approximate surface area is 147 Å². The normalized spacial score (nSPS) is 24.2. The third kappa shape index (κ3) is 3.25. The molecule has 0 N–H and O–H groups in total. The molecule has 3 rings (SSSR count). The highest BCUT2D eigenvalue weighted by atomic mass is 16.5. The Morgan fingerprint density at radius 3 is 2.64 bits per heavy atom. The molecule has 2 fully saturated rings. The molecule has 0 spiro atoms. The minimum absolute atomic E-state index is 0.0734. The Morgan fingerprint density at radius 1 is 1.24 bits per heavy atom. The predicted molar refractivity (Wildman–Crippen MR) is 91.6 cm³/mol. The maximum atomic E-state index is 13.0. The van der Waals surface area contributed by atoms with E-state index in [0.29, 0.717) is 25.8 Å². The van der Waals surface area contributed by atoms with Gasteiger partial charge in [0.05, 0.1) is 7.11 Å². The van der Waals surface area contributed by atoms with E-state index in [1.54, 1.807) is 11.8 Å². The lowest BCUT2D eigenvalue weighted by atomic mass is 9.98. The van der Waals surface area contributed by atoms with E-state index >= 15 is 0 Å². The van der Waals surface area contributed by atoms with Gasteiger partial charge in [0.1, 0.15) is 18.1 Å². The van der Waals surface area contributed by atoms with Crippen molar-refractivity contribution in [3.63, 3.8) is 0 Å². The highest BCUT2D eigenvalue weighted by Gasteiger charge is 2.49. The van der Waals surface area contributed by atoms with Crippen molar-refractivity contribution in [3.8, 4) is 0 Å². The molecule has 0 unspecified atom stereocenters. The zero-order chi connectivity index (χ0) is 18.0. The monoisotopic (exact) mass is 344 g/mol. The van der Waals surface area contributed by atoms with Gasteiger partial charge in [-0.3, -0.25) is 9.59 Å². The second kappa shape index (κ2) is 7.25. The lowest BCUT2D eigenvalue weighted by Gasteiger charge is -2.43. The van der Waals surface area contributed by atoms with Crippen LogP contribution >= 0.6 is 0 Å². The van der Waals surface area contributed by atoms with Crippen molar-refractivity contribution in [2.24, 2.45) is 0 Å². The number of methoxy groups -OCH3 is 1. The van der Waals surface area contributed by atoms with Gasteiger partial charge < -0.3 is 14.5 Å². The second-order valence-electron chi connectivity index (χ2n) is 6.67. The van der Waals surface area contributed by atoms with Gasteiger partial charge in [-0.2, -0.15) is 0 Å². The van der Waals surface area contributed by atoms with Gasteiger partial charge in [0.2, 0.25) is 11.8 Å². The molecular weight excluding hydrogens is 320 g/mol. The molecule has 25 heavy (non-hydrogen) atoms. The van der Waals surface area contributed by atoms with Crippen LogP contribution in [0, 0.1) is 0 Å². The Balaban J connectivity index is 1.83. The fraction of sp³-hybridized carbons (Fsp3) is 0.526. The van der Waals surface area contributed by atoms with Gasteiger partial charge in [-0.25, -0.2) is 4.79 Å². The van der Waals surface area contributed by atoms with Crippen molar-refractivity contribution in [3.05, 3.63) is 35.9 Å². The molecule has 2 aliphatic rings. The van der Waals surface area contributed by atoms with Gasteiger partial charge in [-0.15, -0.1) is 0 Å². The second-order valence-corrected chi connectivity index (χ2v) is 6.67. The molecule has 3 atom stereocenters. The number of nitrogens with zero attached hydrogens (tertiary/aromatic N) is 2. The minimum Gasteiger partial charge on any atom is -0.467 e. The van der Waals surface area contributed by atoms with Crippen LogP contribution in [0.3, 0.4) is 0 Å². The van der Waals surface area contributed by atoms with Crippen LogP contribution < -0.4 is 0 Å². The summed E-state index contributed by atoms with van der Waals surface area (Å²) in [7, 11) is 1.32. The Kier molecular flexibility index (Phi) is 5.06. The van der Waals surface area contributed by atoms with Gasteiger partial charge in [0.15, 0.2) is 0 Å². The van der Waals surface area contributed by atoms with Crippen LogP contribution in [0.15, 0.2) is 30.3 Å². The van der Waals surface area contributed by atoms with E-state index in [-0.39, 0.29) is 11.8 Å². The first-order chi connectivity index (χ1) is 12.0. The molecule has 2 amide bonds. The van der Waals surface area contributed by atoms with Crippen molar-refractivity contribution in [2.75, 3.05) is 13.7 Å². The van der Waals surface area contributed by atoms with Crippen molar-refractivity contribution in [1.82, 2.24) is 9.80 Å². The average Bonchev–Trinajstić information content (AvgIpc) is 3.13. The zero-order valence-electron chi connectivity index (χ0n) is 14.7. The highest BCUT2D eigenvalue weighted by Crippen LogP contribution is 2.29. The predicted octanol–water partition coefficient (Wildman–Crippen LogP) is 1.38. The molecule has 2 aliphatic heterocycles. The minimum atomic E-state index is -0.737. The fourth-order valence-electron chi connectivity index (χ4n) is 3.89. The first-order valence-corrected chi connectivity index (χ1v) is 8.79. The van der Waals surface area contributed by atoms with Crippen LogP contribution in [-0.4, -0.2) is 59.4 Å². The average molecular weight is 344 g/mol. The van der Waals surface area contributed by atoms with Gasteiger partial charge in [0, 0.05) is 6.54 Å². The quantitative estimate of drug-likeness (QED) is 0.757. The first-order valence-electron chi connectivity index (χ1n) is 8.79. The van der Waals surface area contributed by atoms with Crippen molar-refractivity contribution in [2.45, 2.75) is 50.7 Å². The number of carbonyl (C=O) groups excluding carboxylic acids is 3. The van der Waals surface area contributed by atoms with Gasteiger partial charge in [-0.05, 0) is 38.2 Å². The summed E-state index contributed by atoms with van der Waals surface area (Å²) >= 11 is 0. The van der Waals surface area contributed by atoms with E-state index < -0.39 is 24.1 Å². The summed E-state index contributed by atoms with van der Waals surface area (Å²) in [4.78, 5) is 41.1. The van der Waals surface area contributed by atoms with Gasteiger partial charge in [-0.1, -0.05) is 30.3 Å². The van der Waals surface area contributed by atoms with E-state index in [9.17, 15) is 14.4 Å². The van der Waals surface area contributed by atoms with Gasteiger partial charge >= 0.3 is 5.97 Å². The third-order valence-electron chi connectivity index (χ3n) is 5.21. The van der Waals surface area contributed by atoms with Crippen LogP contribution in [0.25, 0.3) is 0 Å². The molecule has 0 aromatic heterocycles. The Bertz CT molecular complexity index is 661. The summed E-state index contributed by atoms with van der Waals surface area (Å²) in [6.45, 7) is 2.33. The van der Waals surface area contributed by atoms with Gasteiger partial charge in [0.25, 0.3) is 0 Å². The number of ether oxygens (including phenoxy) is 1. The SMILES string of the molecule is COC(=O)[C@H](CCc1ccccc1)N1C(=O)[C@@H]2CCCN2C(=O)[C@@H]1C. The van der Waals surface area contributed by atoms with Crippen LogP contribution in [-0.2, 0) is 25.5 Å². The number of rotatable bonds is 5.